The van der Waals surface area contributed by atoms with Gasteiger partial charge in [-0.1, -0.05) is 48.5 Å². The largest absolute Gasteiger partial charge is 0.380 e. The number of nitrogens with zero attached hydrogens (tertiary/aromatic N) is 4. The number of anilines is 1. The summed E-state index contributed by atoms with van der Waals surface area (Å²) in [6.45, 7) is 2.13. The summed E-state index contributed by atoms with van der Waals surface area (Å²) in [5.41, 5.74) is 2.86. The van der Waals surface area contributed by atoms with Gasteiger partial charge in [-0.05, 0) is 30.5 Å². The zero-order valence-corrected chi connectivity index (χ0v) is 14.5. The summed E-state index contributed by atoms with van der Waals surface area (Å²) in [6.07, 6.45) is 1.42. The Hall–Kier alpha value is -2.99. The molecule has 1 amide bonds. The number of para-hydroxylation sites is 1. The maximum absolute atomic E-state index is 13.0. The van der Waals surface area contributed by atoms with Crippen molar-refractivity contribution >= 4 is 11.6 Å². The Kier molecular flexibility index (Phi) is 4.26. The fourth-order valence-corrected chi connectivity index (χ4v) is 3.55. The van der Waals surface area contributed by atoms with Gasteiger partial charge in [0.05, 0.1) is 0 Å². The van der Waals surface area contributed by atoms with Crippen LogP contribution in [-0.2, 0) is 17.8 Å². The van der Waals surface area contributed by atoms with Crippen molar-refractivity contribution in [1.29, 1.82) is 0 Å². The van der Waals surface area contributed by atoms with Crippen LogP contribution in [0.3, 0.4) is 0 Å². The summed E-state index contributed by atoms with van der Waals surface area (Å²) < 4.78 is 1.62. The number of aliphatic hydroxyl groups excluding tert-OH is 1. The van der Waals surface area contributed by atoms with Crippen molar-refractivity contribution in [2.24, 2.45) is 0 Å². The Morgan fingerprint density at radius 3 is 2.73 bits per heavy atom. The van der Waals surface area contributed by atoms with Crippen LogP contribution in [-0.4, -0.2) is 31.8 Å². The van der Waals surface area contributed by atoms with Crippen LogP contribution in [0, 0.1) is 0 Å². The predicted molar refractivity (Wildman–Crippen MR) is 97.6 cm³/mol. The zero-order valence-electron chi connectivity index (χ0n) is 14.5. The quantitative estimate of drug-likeness (QED) is 0.786. The van der Waals surface area contributed by atoms with Crippen LogP contribution in [0.2, 0.25) is 0 Å². The number of aromatic nitrogens is 3. The standard InChI is InChI=1S/C20H20N4O2/c1-14-11-16-9-5-6-10-17(16)24(14)18(25)12-23-13-21-22-20(23)19(26)15-7-3-2-4-8-15/h2-10,13-14,19,26H,11-12H2,1H3/t14-,19+/m1/s1. The van der Waals surface area contributed by atoms with Crippen LogP contribution in [0.15, 0.2) is 60.9 Å². The highest BCUT2D eigenvalue weighted by molar-refractivity contribution is 5.96. The van der Waals surface area contributed by atoms with Gasteiger partial charge in [0.15, 0.2) is 5.82 Å². The molecule has 0 radical (unpaired) electrons. The molecule has 0 saturated carbocycles. The number of fused-ring (bicyclic) bond motifs is 1. The SMILES string of the molecule is C[C@@H]1Cc2ccccc2N1C(=O)Cn1cnnc1[C@@H](O)c1ccccc1. The van der Waals surface area contributed by atoms with Crippen LogP contribution in [0.5, 0.6) is 0 Å². The second-order valence-electron chi connectivity index (χ2n) is 6.58. The fraction of sp³-hybridized carbons (Fsp3) is 0.250. The summed E-state index contributed by atoms with van der Waals surface area (Å²) in [6, 6.07) is 17.3. The fourth-order valence-electron chi connectivity index (χ4n) is 3.55. The Morgan fingerprint density at radius 2 is 1.92 bits per heavy atom. The van der Waals surface area contributed by atoms with Crippen molar-refractivity contribution in [1.82, 2.24) is 14.8 Å². The Bertz CT molecular complexity index is 922. The minimum Gasteiger partial charge on any atom is -0.380 e. The van der Waals surface area contributed by atoms with E-state index < -0.39 is 6.10 Å². The number of amides is 1. The van der Waals surface area contributed by atoms with Crippen LogP contribution < -0.4 is 4.90 Å². The molecule has 132 valence electrons. The third-order valence-corrected chi connectivity index (χ3v) is 4.79. The van der Waals surface area contributed by atoms with Crippen LogP contribution in [0.4, 0.5) is 5.69 Å². The molecule has 6 heteroatoms. The molecule has 6 nitrogen and oxygen atoms in total. The minimum atomic E-state index is -0.921. The molecule has 0 spiro atoms. The van der Waals surface area contributed by atoms with Crippen LogP contribution in [0.25, 0.3) is 0 Å². The molecule has 0 fully saturated rings. The first-order valence-corrected chi connectivity index (χ1v) is 8.66. The van der Waals surface area contributed by atoms with E-state index in [-0.39, 0.29) is 18.5 Å². The van der Waals surface area contributed by atoms with E-state index in [0.717, 1.165) is 12.1 Å². The molecule has 2 atom stereocenters. The van der Waals surface area contributed by atoms with Gasteiger partial charge in [-0.2, -0.15) is 0 Å². The molecule has 1 aliphatic rings. The average Bonchev–Trinajstić information content (AvgIpc) is 3.24. The van der Waals surface area contributed by atoms with Gasteiger partial charge in [0.2, 0.25) is 5.91 Å². The summed E-state index contributed by atoms with van der Waals surface area (Å²) in [4.78, 5) is 14.8. The monoisotopic (exact) mass is 348 g/mol. The number of rotatable bonds is 4. The number of carbonyl (C=O) groups excluding carboxylic acids is 1. The molecule has 1 N–H and O–H groups in total. The molecule has 0 bridgehead atoms. The molecule has 4 rings (SSSR count). The second kappa shape index (κ2) is 6.72. The van der Waals surface area contributed by atoms with Crippen LogP contribution in [0.1, 0.15) is 30.0 Å². The van der Waals surface area contributed by atoms with Crippen molar-refractivity contribution < 1.29 is 9.90 Å². The first-order valence-electron chi connectivity index (χ1n) is 8.66. The molecular formula is C20H20N4O2. The highest BCUT2D eigenvalue weighted by Crippen LogP contribution is 2.32. The topological polar surface area (TPSA) is 71.2 Å². The van der Waals surface area contributed by atoms with Crippen molar-refractivity contribution in [2.45, 2.75) is 32.0 Å². The van der Waals surface area contributed by atoms with Crippen LogP contribution >= 0.6 is 0 Å². The van der Waals surface area contributed by atoms with Crippen molar-refractivity contribution in [2.75, 3.05) is 4.90 Å². The molecule has 0 unspecified atom stereocenters. The molecular weight excluding hydrogens is 328 g/mol. The Balaban J connectivity index is 1.58. The van der Waals surface area contributed by atoms with E-state index in [9.17, 15) is 9.90 Å². The van der Waals surface area contributed by atoms with E-state index >= 15 is 0 Å². The number of carbonyl (C=O) groups is 1. The molecule has 26 heavy (non-hydrogen) atoms. The van der Waals surface area contributed by atoms with E-state index in [2.05, 4.69) is 16.3 Å². The lowest BCUT2D eigenvalue weighted by Crippen LogP contribution is -2.38. The van der Waals surface area contributed by atoms with Gasteiger partial charge in [0, 0.05) is 11.7 Å². The molecule has 2 aromatic carbocycles. The first-order chi connectivity index (χ1) is 12.6. The molecule has 3 aromatic rings. The Labute approximate surface area is 151 Å². The summed E-state index contributed by atoms with van der Waals surface area (Å²) in [7, 11) is 0. The molecule has 1 aromatic heterocycles. The summed E-state index contributed by atoms with van der Waals surface area (Å²) >= 11 is 0. The maximum atomic E-state index is 13.0. The van der Waals surface area contributed by atoms with Gasteiger partial charge in [-0.3, -0.25) is 4.79 Å². The van der Waals surface area contributed by atoms with Crippen molar-refractivity contribution in [3.8, 4) is 0 Å². The van der Waals surface area contributed by atoms with Crippen molar-refractivity contribution in [3.63, 3.8) is 0 Å². The van der Waals surface area contributed by atoms with Gasteiger partial charge in [0.1, 0.15) is 19.0 Å². The molecule has 2 heterocycles. The van der Waals surface area contributed by atoms with E-state index in [1.165, 1.54) is 11.9 Å². The van der Waals surface area contributed by atoms with Gasteiger partial charge < -0.3 is 14.6 Å². The molecule has 1 aliphatic heterocycles. The second-order valence-corrected chi connectivity index (χ2v) is 6.58. The number of benzene rings is 2. The number of hydrogen-bond acceptors (Lipinski definition) is 4. The van der Waals surface area contributed by atoms with E-state index in [1.54, 1.807) is 4.57 Å². The predicted octanol–water partition coefficient (Wildman–Crippen LogP) is 2.34. The summed E-state index contributed by atoms with van der Waals surface area (Å²) in [5, 5.41) is 18.5. The third kappa shape index (κ3) is 2.88. The van der Waals surface area contributed by atoms with E-state index in [4.69, 9.17) is 0 Å². The zero-order chi connectivity index (χ0) is 18.1. The lowest BCUT2D eigenvalue weighted by atomic mass is 10.1. The van der Waals surface area contributed by atoms with Gasteiger partial charge in [0.25, 0.3) is 0 Å². The lowest BCUT2D eigenvalue weighted by Gasteiger charge is -2.23. The normalized spacial score (nSPS) is 17.2. The van der Waals surface area contributed by atoms with E-state index in [1.807, 2.05) is 60.4 Å². The average molecular weight is 348 g/mol. The maximum Gasteiger partial charge on any atom is 0.247 e. The van der Waals surface area contributed by atoms with Gasteiger partial charge in [-0.25, -0.2) is 0 Å². The molecule has 0 aliphatic carbocycles. The highest BCUT2D eigenvalue weighted by Gasteiger charge is 2.31. The summed E-state index contributed by atoms with van der Waals surface area (Å²) in [5.74, 6) is 0.327. The third-order valence-electron chi connectivity index (χ3n) is 4.79. The van der Waals surface area contributed by atoms with E-state index in [0.29, 0.717) is 11.4 Å². The highest BCUT2D eigenvalue weighted by atomic mass is 16.3. The smallest absolute Gasteiger partial charge is 0.247 e. The lowest BCUT2D eigenvalue weighted by molar-refractivity contribution is -0.119. The van der Waals surface area contributed by atoms with Gasteiger partial charge >= 0.3 is 0 Å². The Morgan fingerprint density at radius 1 is 1.19 bits per heavy atom. The van der Waals surface area contributed by atoms with Crippen molar-refractivity contribution in [3.05, 3.63) is 77.9 Å². The minimum absolute atomic E-state index is 0.0382. The first kappa shape index (κ1) is 16.5. The van der Waals surface area contributed by atoms with Gasteiger partial charge in [-0.15, -0.1) is 10.2 Å². The molecule has 0 saturated heterocycles. The number of hydrogen-bond donors (Lipinski definition) is 1. The number of aliphatic hydroxyl groups is 1.